The summed E-state index contributed by atoms with van der Waals surface area (Å²) in [6.45, 7) is 0. The molecule has 6 aromatic carbocycles. The van der Waals surface area contributed by atoms with Crippen LogP contribution in [0.4, 0.5) is 0 Å². The summed E-state index contributed by atoms with van der Waals surface area (Å²) in [6, 6.07) is 56.4. The average molecular weight is 696 g/mol. The third-order valence-electron chi connectivity index (χ3n) is 8.15. The van der Waals surface area contributed by atoms with Crippen LogP contribution in [0.25, 0.3) is 10.8 Å². The number of nitrogens with one attached hydrogen (secondary N) is 4. The van der Waals surface area contributed by atoms with Crippen molar-refractivity contribution < 1.29 is 0 Å². The Bertz CT molecular complexity index is 1990. The van der Waals surface area contributed by atoms with Crippen LogP contribution in [0.1, 0.15) is 11.1 Å². The van der Waals surface area contributed by atoms with Crippen molar-refractivity contribution in [2.24, 2.45) is 10.2 Å². The number of hydrogen-bond acceptors (Lipinski definition) is 4. The van der Waals surface area contributed by atoms with E-state index in [2.05, 4.69) is 131 Å². The van der Waals surface area contributed by atoms with Gasteiger partial charge in [-0.2, -0.15) is 10.2 Å². The zero-order chi connectivity index (χ0) is 33.9. The first kappa shape index (κ1) is 33.6. The zero-order valence-electron chi connectivity index (χ0n) is 27.0. The first-order valence-electron chi connectivity index (χ1n) is 15.9. The molecule has 0 fully saturated rings. The second-order valence-corrected chi connectivity index (χ2v) is 15.4. The fraction of sp³-hybridized carbons (Fsp3) is 0.0500. The van der Waals surface area contributed by atoms with Gasteiger partial charge >= 0.3 is 0 Å². The van der Waals surface area contributed by atoms with Gasteiger partial charge in [0.1, 0.15) is 40.9 Å². The summed E-state index contributed by atoms with van der Waals surface area (Å²) in [5.74, 6) is 0. The highest BCUT2D eigenvalue weighted by atomic mass is 32.1. The van der Waals surface area contributed by atoms with Crippen molar-refractivity contribution >= 4 is 80.0 Å². The molecule has 242 valence electrons. The van der Waals surface area contributed by atoms with Crippen LogP contribution in [0.15, 0.2) is 174 Å². The van der Waals surface area contributed by atoms with Gasteiger partial charge < -0.3 is 10.6 Å². The smallest absolute Gasteiger partial charge is 0.189 e. The minimum Gasteiger partial charge on any atom is -0.364 e. The largest absolute Gasteiger partial charge is 0.364 e. The SMILES string of the molecule is CNC(=S)N/N=C(/C(=N/NC(=S)NC[P+](c1ccccc1)(c1ccccc1)c1ccccc1)c1ccccc1)c1cccc2ccccc12. The molecule has 0 amide bonds. The third-order valence-corrected chi connectivity index (χ3v) is 12.9. The van der Waals surface area contributed by atoms with E-state index in [0.717, 1.165) is 21.9 Å². The van der Waals surface area contributed by atoms with Gasteiger partial charge in [0.15, 0.2) is 10.2 Å². The van der Waals surface area contributed by atoms with E-state index >= 15 is 0 Å². The molecule has 6 rings (SSSR count). The molecule has 9 heteroatoms. The van der Waals surface area contributed by atoms with Crippen molar-refractivity contribution in [2.75, 3.05) is 13.3 Å². The number of nitrogens with zero attached hydrogens (tertiary/aromatic N) is 2. The maximum Gasteiger partial charge on any atom is 0.189 e. The summed E-state index contributed by atoms with van der Waals surface area (Å²) in [5, 5.41) is 22.9. The molecular weight excluding hydrogens is 660 g/mol. The highest BCUT2D eigenvalue weighted by molar-refractivity contribution is 7.95. The summed E-state index contributed by atoms with van der Waals surface area (Å²) in [6.07, 6.45) is 0.593. The molecule has 0 heterocycles. The monoisotopic (exact) mass is 695 g/mol. The Labute approximate surface area is 298 Å². The fourth-order valence-corrected chi connectivity index (χ4v) is 9.94. The highest BCUT2D eigenvalue weighted by Gasteiger charge is 2.45. The van der Waals surface area contributed by atoms with Crippen molar-refractivity contribution in [3.05, 3.63) is 175 Å². The molecule has 0 aromatic heterocycles. The van der Waals surface area contributed by atoms with Crippen LogP contribution in [0, 0.1) is 0 Å². The molecule has 0 unspecified atom stereocenters. The van der Waals surface area contributed by atoms with Crippen molar-refractivity contribution in [2.45, 2.75) is 0 Å². The quantitative estimate of drug-likeness (QED) is 0.0572. The van der Waals surface area contributed by atoms with Crippen LogP contribution in [-0.2, 0) is 0 Å². The second-order valence-electron chi connectivity index (χ2n) is 11.1. The van der Waals surface area contributed by atoms with E-state index in [1.165, 1.54) is 15.9 Å². The Balaban J connectivity index is 1.39. The summed E-state index contributed by atoms with van der Waals surface area (Å²) in [7, 11) is -0.421. The number of fused-ring (bicyclic) bond motifs is 1. The number of rotatable bonds is 10. The molecule has 0 aliphatic carbocycles. The van der Waals surface area contributed by atoms with Crippen LogP contribution < -0.4 is 37.4 Å². The van der Waals surface area contributed by atoms with E-state index in [4.69, 9.17) is 34.6 Å². The van der Waals surface area contributed by atoms with Crippen LogP contribution >= 0.6 is 31.7 Å². The maximum atomic E-state index is 5.95. The van der Waals surface area contributed by atoms with E-state index in [1.54, 1.807) is 7.05 Å². The van der Waals surface area contributed by atoms with Gasteiger partial charge in [-0.3, -0.25) is 10.9 Å². The Morgan fingerprint density at radius 3 is 1.57 bits per heavy atom. The van der Waals surface area contributed by atoms with Crippen LogP contribution in [0.5, 0.6) is 0 Å². The lowest BCUT2D eigenvalue weighted by atomic mass is 9.95. The van der Waals surface area contributed by atoms with Gasteiger partial charge in [0, 0.05) is 18.2 Å². The minimum absolute atomic E-state index is 0.387. The number of hydrazone groups is 2. The maximum absolute atomic E-state index is 5.95. The number of benzene rings is 6. The second kappa shape index (κ2) is 16.2. The molecule has 6 nitrogen and oxygen atoms in total. The molecule has 0 bridgehead atoms. The molecule has 0 radical (unpaired) electrons. The summed E-state index contributed by atoms with van der Waals surface area (Å²) < 4.78 is 0. The lowest BCUT2D eigenvalue weighted by Crippen LogP contribution is -2.42. The van der Waals surface area contributed by atoms with Crippen molar-refractivity contribution in [3.63, 3.8) is 0 Å². The Hall–Kier alpha value is -5.27. The van der Waals surface area contributed by atoms with Crippen molar-refractivity contribution in [1.29, 1.82) is 0 Å². The van der Waals surface area contributed by atoms with Gasteiger partial charge in [-0.15, -0.1) is 0 Å². The standard InChI is InChI=1S/C40H35N6PS2/c1-41-39(48)45-44-38(36-28-16-20-30-17-14-15-27-35(30)36)37(31-18-6-2-7-19-31)43-46-40(49)42-29-47(32-21-8-3-9-22-32,33-23-10-4-11-24-33)34-25-12-5-13-26-34/h2-28H,29H2,1H3,(H3-,41,42,43,44,45,46,48,49)/p+1. The molecule has 4 N–H and O–H groups in total. The molecule has 0 aliphatic heterocycles. The number of hydrogen-bond donors (Lipinski definition) is 4. The van der Waals surface area contributed by atoms with Gasteiger partial charge in [-0.25, -0.2) is 0 Å². The molecule has 6 aromatic rings. The molecule has 0 saturated carbocycles. The lowest BCUT2D eigenvalue weighted by Gasteiger charge is -2.28. The summed E-state index contributed by atoms with van der Waals surface area (Å²) in [5.41, 5.74) is 9.13. The fourth-order valence-electron chi connectivity index (χ4n) is 5.79. The van der Waals surface area contributed by atoms with Crippen LogP contribution in [-0.4, -0.2) is 35.0 Å². The van der Waals surface area contributed by atoms with E-state index in [-0.39, 0.29) is 0 Å². The Morgan fingerprint density at radius 2 is 1.00 bits per heavy atom. The molecule has 49 heavy (non-hydrogen) atoms. The topological polar surface area (TPSA) is 72.8 Å². The van der Waals surface area contributed by atoms with Crippen LogP contribution in [0.3, 0.4) is 0 Å². The van der Waals surface area contributed by atoms with E-state index < -0.39 is 7.26 Å². The first-order chi connectivity index (χ1) is 24.1. The predicted molar refractivity (Wildman–Crippen MR) is 217 cm³/mol. The third kappa shape index (κ3) is 7.74. The Kier molecular flexibility index (Phi) is 11.1. The molecule has 0 atom stereocenters. The van der Waals surface area contributed by atoms with Gasteiger partial charge in [0.05, 0.1) is 0 Å². The molecule has 0 spiro atoms. The predicted octanol–water partition coefficient (Wildman–Crippen LogP) is 6.46. The molecular formula is C40H36N6PS2+. The average Bonchev–Trinajstić information content (AvgIpc) is 3.17. The van der Waals surface area contributed by atoms with Gasteiger partial charge in [0.2, 0.25) is 0 Å². The summed E-state index contributed by atoms with van der Waals surface area (Å²) in [4.78, 5) is 0. The Morgan fingerprint density at radius 1 is 0.531 bits per heavy atom. The van der Waals surface area contributed by atoms with E-state index in [0.29, 0.717) is 27.9 Å². The first-order valence-corrected chi connectivity index (χ1v) is 18.6. The zero-order valence-corrected chi connectivity index (χ0v) is 29.5. The van der Waals surface area contributed by atoms with E-state index in [1.807, 2.05) is 54.6 Å². The summed E-state index contributed by atoms with van der Waals surface area (Å²) >= 11 is 11.4. The van der Waals surface area contributed by atoms with Crippen LogP contribution in [0.2, 0.25) is 0 Å². The van der Waals surface area contributed by atoms with Crippen molar-refractivity contribution in [3.8, 4) is 0 Å². The normalized spacial score (nSPS) is 11.9. The highest BCUT2D eigenvalue weighted by Crippen LogP contribution is 2.54. The lowest BCUT2D eigenvalue weighted by molar-refractivity contribution is 0.958. The van der Waals surface area contributed by atoms with E-state index in [9.17, 15) is 0 Å². The van der Waals surface area contributed by atoms with Gasteiger partial charge in [0.25, 0.3) is 0 Å². The minimum atomic E-state index is -2.17. The van der Waals surface area contributed by atoms with Crippen molar-refractivity contribution in [1.82, 2.24) is 21.5 Å². The number of thiocarbonyl (C=S) groups is 2. The molecule has 0 saturated heterocycles. The van der Waals surface area contributed by atoms with Gasteiger partial charge in [-0.1, -0.05) is 127 Å². The van der Waals surface area contributed by atoms with Gasteiger partial charge in [-0.05, 0) is 71.6 Å². The molecule has 0 aliphatic rings.